The van der Waals surface area contributed by atoms with E-state index in [1.165, 1.54) is 0 Å². The Labute approximate surface area is 157 Å². The van der Waals surface area contributed by atoms with E-state index in [4.69, 9.17) is 4.74 Å². The molecule has 2 aromatic rings. The van der Waals surface area contributed by atoms with Crippen molar-refractivity contribution in [1.29, 1.82) is 0 Å². The third kappa shape index (κ3) is 7.23. The standard InChI is InChI=1S/C19H34N6O/c1-16(2)18-14-24(22-20-18)10-6-5-8-12-26-13-9-7-11-25-15-19(17(3)4)21-23-25/h14-17H,5-13H2,1-4H3. The first-order valence-electron chi connectivity index (χ1n) is 9.94. The van der Waals surface area contributed by atoms with Crippen LogP contribution in [0.2, 0.25) is 0 Å². The molecule has 26 heavy (non-hydrogen) atoms. The summed E-state index contributed by atoms with van der Waals surface area (Å²) in [7, 11) is 0. The zero-order valence-electron chi connectivity index (χ0n) is 16.8. The maximum absolute atomic E-state index is 5.72. The van der Waals surface area contributed by atoms with Gasteiger partial charge in [0.15, 0.2) is 0 Å². The van der Waals surface area contributed by atoms with Crippen LogP contribution in [0.3, 0.4) is 0 Å². The number of aromatic nitrogens is 6. The second kappa shape index (κ2) is 11.1. The molecule has 2 aromatic heterocycles. The van der Waals surface area contributed by atoms with Crippen LogP contribution in [0.4, 0.5) is 0 Å². The van der Waals surface area contributed by atoms with Gasteiger partial charge in [0.25, 0.3) is 0 Å². The summed E-state index contributed by atoms with van der Waals surface area (Å²) in [4.78, 5) is 0. The van der Waals surface area contributed by atoms with Crippen molar-refractivity contribution in [3.8, 4) is 0 Å². The lowest BCUT2D eigenvalue weighted by Gasteiger charge is -2.05. The van der Waals surface area contributed by atoms with Crippen LogP contribution in [0, 0.1) is 0 Å². The van der Waals surface area contributed by atoms with Crippen LogP contribution in [0.5, 0.6) is 0 Å². The predicted octanol–water partition coefficient (Wildman–Crippen LogP) is 3.78. The van der Waals surface area contributed by atoms with Gasteiger partial charge in [0.05, 0.1) is 11.4 Å². The van der Waals surface area contributed by atoms with Crippen LogP contribution in [0.15, 0.2) is 12.4 Å². The van der Waals surface area contributed by atoms with Crippen molar-refractivity contribution >= 4 is 0 Å². The normalized spacial score (nSPS) is 11.8. The highest BCUT2D eigenvalue weighted by Gasteiger charge is 2.05. The van der Waals surface area contributed by atoms with E-state index in [-0.39, 0.29) is 0 Å². The summed E-state index contributed by atoms with van der Waals surface area (Å²) in [6, 6.07) is 0. The SMILES string of the molecule is CC(C)c1cn(CCCCCOCCCCn2cc(C(C)C)nn2)nn1. The Balaban J connectivity index is 1.42. The molecule has 2 heterocycles. The maximum atomic E-state index is 5.72. The van der Waals surface area contributed by atoms with Gasteiger partial charge >= 0.3 is 0 Å². The van der Waals surface area contributed by atoms with Crippen LogP contribution in [-0.4, -0.2) is 43.2 Å². The molecule has 0 amide bonds. The first-order chi connectivity index (χ1) is 12.6. The summed E-state index contributed by atoms with van der Waals surface area (Å²) in [5, 5.41) is 16.7. The molecule has 0 aliphatic rings. The third-order valence-corrected chi connectivity index (χ3v) is 4.40. The van der Waals surface area contributed by atoms with Crippen LogP contribution < -0.4 is 0 Å². The van der Waals surface area contributed by atoms with Gasteiger partial charge in [-0.05, 0) is 43.9 Å². The van der Waals surface area contributed by atoms with Crippen molar-refractivity contribution in [2.75, 3.05) is 13.2 Å². The van der Waals surface area contributed by atoms with Crippen molar-refractivity contribution in [2.24, 2.45) is 0 Å². The van der Waals surface area contributed by atoms with E-state index in [2.05, 4.69) is 54.5 Å². The minimum Gasteiger partial charge on any atom is -0.381 e. The number of aryl methyl sites for hydroxylation is 2. The van der Waals surface area contributed by atoms with Crippen molar-refractivity contribution in [3.63, 3.8) is 0 Å². The topological polar surface area (TPSA) is 70.7 Å². The molecule has 0 aromatic carbocycles. The monoisotopic (exact) mass is 362 g/mol. The van der Waals surface area contributed by atoms with E-state index >= 15 is 0 Å². The summed E-state index contributed by atoms with van der Waals surface area (Å²) >= 11 is 0. The number of unbranched alkanes of at least 4 members (excludes halogenated alkanes) is 3. The Bertz CT molecular complexity index is 565. The number of ether oxygens (including phenoxy) is 1. The highest BCUT2D eigenvalue weighted by Crippen LogP contribution is 2.10. The molecule has 0 saturated carbocycles. The van der Waals surface area contributed by atoms with E-state index in [0.717, 1.165) is 69.8 Å². The zero-order valence-corrected chi connectivity index (χ0v) is 16.8. The van der Waals surface area contributed by atoms with E-state index < -0.39 is 0 Å². The van der Waals surface area contributed by atoms with Crippen LogP contribution in [-0.2, 0) is 17.8 Å². The molecule has 0 unspecified atom stereocenters. The highest BCUT2D eigenvalue weighted by atomic mass is 16.5. The Morgan fingerprint density at radius 3 is 1.65 bits per heavy atom. The van der Waals surface area contributed by atoms with E-state index in [9.17, 15) is 0 Å². The fourth-order valence-corrected chi connectivity index (χ4v) is 2.61. The Morgan fingerprint density at radius 2 is 1.19 bits per heavy atom. The van der Waals surface area contributed by atoms with Gasteiger partial charge in [-0.15, -0.1) is 10.2 Å². The molecule has 2 rings (SSSR count). The molecule has 7 nitrogen and oxygen atoms in total. The molecule has 0 spiro atoms. The van der Waals surface area contributed by atoms with Crippen molar-refractivity contribution in [1.82, 2.24) is 30.0 Å². The largest absolute Gasteiger partial charge is 0.381 e. The van der Waals surface area contributed by atoms with Gasteiger partial charge in [0.2, 0.25) is 0 Å². The molecule has 0 fully saturated rings. The maximum Gasteiger partial charge on any atom is 0.0852 e. The van der Waals surface area contributed by atoms with Crippen LogP contribution in [0.25, 0.3) is 0 Å². The van der Waals surface area contributed by atoms with E-state index in [0.29, 0.717) is 11.8 Å². The molecular weight excluding hydrogens is 328 g/mol. The van der Waals surface area contributed by atoms with Gasteiger partial charge in [0, 0.05) is 38.7 Å². The predicted molar refractivity (Wildman–Crippen MR) is 102 cm³/mol. The smallest absolute Gasteiger partial charge is 0.0852 e. The minimum absolute atomic E-state index is 0.439. The zero-order chi connectivity index (χ0) is 18.8. The Kier molecular flexibility index (Phi) is 8.74. The fourth-order valence-electron chi connectivity index (χ4n) is 2.61. The second-order valence-corrected chi connectivity index (χ2v) is 7.50. The lowest BCUT2D eigenvalue weighted by molar-refractivity contribution is 0.125. The second-order valence-electron chi connectivity index (χ2n) is 7.50. The van der Waals surface area contributed by atoms with Gasteiger partial charge in [-0.1, -0.05) is 38.1 Å². The van der Waals surface area contributed by atoms with Crippen molar-refractivity contribution in [3.05, 3.63) is 23.8 Å². The Hall–Kier alpha value is -1.76. The summed E-state index contributed by atoms with van der Waals surface area (Å²) in [5.41, 5.74) is 2.13. The van der Waals surface area contributed by atoms with Crippen molar-refractivity contribution < 1.29 is 4.74 Å². The Morgan fingerprint density at radius 1 is 0.731 bits per heavy atom. The van der Waals surface area contributed by atoms with Gasteiger partial charge in [-0.3, -0.25) is 9.36 Å². The summed E-state index contributed by atoms with van der Waals surface area (Å²) in [6.07, 6.45) is 9.62. The van der Waals surface area contributed by atoms with Gasteiger partial charge in [0.1, 0.15) is 0 Å². The molecule has 0 N–H and O–H groups in total. The van der Waals surface area contributed by atoms with E-state index in [1.807, 2.05) is 15.6 Å². The minimum atomic E-state index is 0.439. The number of hydrogen-bond acceptors (Lipinski definition) is 5. The average Bonchev–Trinajstić information content (AvgIpc) is 3.26. The molecular formula is C19H34N6O. The molecule has 0 bridgehead atoms. The first kappa shape index (κ1) is 20.6. The van der Waals surface area contributed by atoms with Crippen molar-refractivity contribution in [2.45, 2.75) is 84.7 Å². The molecule has 0 atom stereocenters. The lowest BCUT2D eigenvalue weighted by atomic mass is 10.2. The van der Waals surface area contributed by atoms with Gasteiger partial charge in [-0.2, -0.15) is 0 Å². The summed E-state index contributed by atoms with van der Waals surface area (Å²) in [6.45, 7) is 12.1. The van der Waals surface area contributed by atoms with Crippen LogP contribution >= 0.6 is 0 Å². The summed E-state index contributed by atoms with van der Waals surface area (Å²) in [5.74, 6) is 0.882. The number of hydrogen-bond donors (Lipinski definition) is 0. The fraction of sp³-hybridized carbons (Fsp3) is 0.789. The molecule has 0 saturated heterocycles. The average molecular weight is 363 g/mol. The molecule has 0 aliphatic carbocycles. The number of rotatable bonds is 13. The summed E-state index contributed by atoms with van der Waals surface area (Å²) < 4.78 is 9.61. The lowest BCUT2D eigenvalue weighted by Crippen LogP contribution is -2.03. The van der Waals surface area contributed by atoms with Gasteiger partial charge in [-0.25, -0.2) is 0 Å². The molecule has 7 heteroatoms. The van der Waals surface area contributed by atoms with Gasteiger partial charge < -0.3 is 4.74 Å². The highest BCUT2D eigenvalue weighted by molar-refractivity contribution is 4.98. The van der Waals surface area contributed by atoms with Crippen LogP contribution in [0.1, 0.15) is 83.0 Å². The molecule has 0 aliphatic heterocycles. The van der Waals surface area contributed by atoms with E-state index in [1.54, 1.807) is 0 Å². The first-order valence-corrected chi connectivity index (χ1v) is 9.94. The quantitative estimate of drug-likeness (QED) is 0.507. The number of nitrogens with zero attached hydrogens (tertiary/aromatic N) is 6. The molecule has 146 valence electrons. The molecule has 0 radical (unpaired) electrons. The third-order valence-electron chi connectivity index (χ3n) is 4.40.